The zero-order chi connectivity index (χ0) is 16.7. The topological polar surface area (TPSA) is 79.9 Å². The van der Waals surface area contributed by atoms with E-state index in [0.717, 1.165) is 25.8 Å². The molecule has 5 nitrogen and oxygen atoms in total. The number of nitriles is 2. The van der Waals surface area contributed by atoms with Gasteiger partial charge in [0.25, 0.3) is 5.91 Å². The van der Waals surface area contributed by atoms with E-state index in [4.69, 9.17) is 5.26 Å². The van der Waals surface area contributed by atoms with Crippen LogP contribution in [0.1, 0.15) is 38.2 Å². The monoisotopic (exact) mass is 308 g/mol. The Kier molecular flexibility index (Phi) is 5.77. The smallest absolute Gasteiger partial charge is 0.267 e. The molecule has 0 aliphatic carbocycles. The average Bonchev–Trinajstić information content (AvgIpc) is 2.60. The summed E-state index contributed by atoms with van der Waals surface area (Å²) in [6.07, 6.45) is 6.01. The molecular formula is C18H20N4O. The molecule has 1 fully saturated rings. The molecule has 0 radical (unpaired) electrons. The van der Waals surface area contributed by atoms with Crippen LogP contribution in [0.2, 0.25) is 0 Å². The standard InChI is InChI=1S/C18H20N4O/c1-2-16-8-5-6-10-22(16)13-15(12-20)18(23)21-17-9-4-3-7-14(17)11-19/h3-4,7,9,13,16H,2,5-6,8,10H2,1H3,(H,21,23)/b15-13-. The number of nitrogens with one attached hydrogen (secondary N) is 1. The van der Waals surface area contributed by atoms with Crippen LogP contribution in [-0.2, 0) is 4.79 Å². The maximum atomic E-state index is 12.3. The fourth-order valence-electron chi connectivity index (χ4n) is 2.81. The molecule has 118 valence electrons. The molecule has 1 amide bonds. The molecule has 1 N–H and O–H groups in total. The van der Waals surface area contributed by atoms with Gasteiger partial charge in [0.2, 0.25) is 0 Å². The summed E-state index contributed by atoms with van der Waals surface area (Å²) in [4.78, 5) is 14.4. The minimum absolute atomic E-state index is 0.0677. The molecule has 0 aromatic heterocycles. The first-order chi connectivity index (χ1) is 11.2. The van der Waals surface area contributed by atoms with Crippen LogP contribution < -0.4 is 5.32 Å². The Morgan fingerprint density at radius 1 is 1.39 bits per heavy atom. The van der Waals surface area contributed by atoms with Crippen molar-refractivity contribution in [1.29, 1.82) is 10.5 Å². The van der Waals surface area contributed by atoms with E-state index in [9.17, 15) is 10.1 Å². The molecular weight excluding hydrogens is 288 g/mol. The van der Waals surface area contributed by atoms with E-state index in [0.29, 0.717) is 17.3 Å². The normalized spacial score (nSPS) is 18.0. The summed E-state index contributed by atoms with van der Waals surface area (Å²) >= 11 is 0. The maximum Gasteiger partial charge on any atom is 0.267 e. The lowest BCUT2D eigenvalue weighted by Gasteiger charge is -2.34. The van der Waals surface area contributed by atoms with Crippen molar-refractivity contribution in [3.05, 3.63) is 41.6 Å². The van der Waals surface area contributed by atoms with Gasteiger partial charge in [-0.05, 0) is 37.8 Å². The van der Waals surface area contributed by atoms with Gasteiger partial charge in [-0.25, -0.2) is 0 Å². The Balaban J connectivity index is 2.17. The molecule has 5 heteroatoms. The van der Waals surface area contributed by atoms with E-state index in [1.165, 1.54) is 6.42 Å². The molecule has 1 aromatic carbocycles. The summed E-state index contributed by atoms with van der Waals surface area (Å²) < 4.78 is 0. The van der Waals surface area contributed by atoms with Crippen LogP contribution in [0.15, 0.2) is 36.0 Å². The van der Waals surface area contributed by atoms with Gasteiger partial charge in [-0.15, -0.1) is 0 Å². The first-order valence-electron chi connectivity index (χ1n) is 7.87. The van der Waals surface area contributed by atoms with Crippen molar-refractivity contribution in [3.8, 4) is 12.1 Å². The summed E-state index contributed by atoms with van der Waals surface area (Å²) in [6.45, 7) is 2.98. The molecule has 1 atom stereocenters. The van der Waals surface area contributed by atoms with Crippen molar-refractivity contribution in [2.45, 2.75) is 38.6 Å². The molecule has 0 spiro atoms. The van der Waals surface area contributed by atoms with Gasteiger partial charge in [0.05, 0.1) is 11.3 Å². The third-order valence-electron chi connectivity index (χ3n) is 4.10. The summed E-state index contributed by atoms with van der Waals surface area (Å²) in [6, 6.07) is 11.1. The number of benzene rings is 1. The SMILES string of the molecule is CCC1CCCCN1/C=C(/C#N)C(=O)Nc1ccccc1C#N. The second-order valence-corrected chi connectivity index (χ2v) is 5.56. The van der Waals surface area contributed by atoms with Gasteiger partial charge in [-0.3, -0.25) is 4.79 Å². The molecule has 2 rings (SSSR count). The third-order valence-corrected chi connectivity index (χ3v) is 4.10. The highest BCUT2D eigenvalue weighted by Gasteiger charge is 2.20. The lowest BCUT2D eigenvalue weighted by Crippen LogP contribution is -2.35. The summed E-state index contributed by atoms with van der Waals surface area (Å²) in [5.74, 6) is -0.476. The van der Waals surface area contributed by atoms with Crippen LogP contribution in [0.3, 0.4) is 0 Å². The highest BCUT2D eigenvalue weighted by molar-refractivity contribution is 6.07. The Morgan fingerprint density at radius 3 is 2.87 bits per heavy atom. The number of hydrogen-bond donors (Lipinski definition) is 1. The fourth-order valence-corrected chi connectivity index (χ4v) is 2.81. The van der Waals surface area contributed by atoms with Gasteiger partial charge in [0.15, 0.2) is 0 Å². The van der Waals surface area contributed by atoms with Crippen LogP contribution in [0, 0.1) is 22.7 Å². The third kappa shape index (κ3) is 4.11. The second-order valence-electron chi connectivity index (χ2n) is 5.56. The molecule has 1 aromatic rings. The molecule has 0 bridgehead atoms. The fraction of sp³-hybridized carbons (Fsp3) is 0.389. The molecule has 1 heterocycles. The van der Waals surface area contributed by atoms with Gasteiger partial charge in [-0.1, -0.05) is 19.1 Å². The van der Waals surface area contributed by atoms with Crippen LogP contribution in [0.4, 0.5) is 5.69 Å². The van der Waals surface area contributed by atoms with E-state index >= 15 is 0 Å². The summed E-state index contributed by atoms with van der Waals surface area (Å²) in [5, 5.41) is 21.0. The van der Waals surface area contributed by atoms with Gasteiger partial charge in [0, 0.05) is 18.8 Å². The Labute approximate surface area is 136 Å². The van der Waals surface area contributed by atoms with Gasteiger partial charge >= 0.3 is 0 Å². The number of para-hydroxylation sites is 1. The minimum Gasteiger partial charge on any atom is -0.373 e. The summed E-state index contributed by atoms with van der Waals surface area (Å²) in [5.41, 5.74) is 0.868. The van der Waals surface area contributed by atoms with Gasteiger partial charge < -0.3 is 10.2 Å². The van der Waals surface area contributed by atoms with Crippen LogP contribution in [0.5, 0.6) is 0 Å². The first-order valence-corrected chi connectivity index (χ1v) is 7.87. The number of carbonyl (C=O) groups is 1. The lowest BCUT2D eigenvalue weighted by molar-refractivity contribution is -0.112. The van der Waals surface area contributed by atoms with E-state index in [2.05, 4.69) is 17.1 Å². The number of likely N-dealkylation sites (tertiary alicyclic amines) is 1. The zero-order valence-electron chi connectivity index (χ0n) is 13.2. The van der Waals surface area contributed by atoms with Crippen molar-refractivity contribution in [3.63, 3.8) is 0 Å². The van der Waals surface area contributed by atoms with E-state index in [1.807, 2.05) is 12.1 Å². The van der Waals surface area contributed by atoms with E-state index < -0.39 is 5.91 Å². The molecule has 23 heavy (non-hydrogen) atoms. The molecule has 1 saturated heterocycles. The van der Waals surface area contributed by atoms with Crippen molar-refractivity contribution in [2.24, 2.45) is 0 Å². The number of hydrogen-bond acceptors (Lipinski definition) is 4. The zero-order valence-corrected chi connectivity index (χ0v) is 13.2. The van der Waals surface area contributed by atoms with Crippen molar-refractivity contribution >= 4 is 11.6 Å². The number of rotatable bonds is 4. The lowest BCUT2D eigenvalue weighted by atomic mass is 10.0. The Morgan fingerprint density at radius 2 is 2.17 bits per heavy atom. The number of anilines is 1. The highest BCUT2D eigenvalue weighted by Crippen LogP contribution is 2.21. The largest absolute Gasteiger partial charge is 0.373 e. The first kappa shape index (κ1) is 16.6. The Hall–Kier alpha value is -2.79. The van der Waals surface area contributed by atoms with E-state index in [1.54, 1.807) is 30.5 Å². The Bertz CT molecular complexity index is 681. The minimum atomic E-state index is -0.476. The maximum absolute atomic E-state index is 12.3. The van der Waals surface area contributed by atoms with Crippen molar-refractivity contribution in [2.75, 3.05) is 11.9 Å². The summed E-state index contributed by atoms with van der Waals surface area (Å²) in [7, 11) is 0. The molecule has 0 saturated carbocycles. The van der Waals surface area contributed by atoms with Crippen LogP contribution in [0.25, 0.3) is 0 Å². The van der Waals surface area contributed by atoms with E-state index in [-0.39, 0.29) is 5.57 Å². The van der Waals surface area contributed by atoms with Crippen molar-refractivity contribution < 1.29 is 4.79 Å². The predicted molar refractivity (Wildman–Crippen MR) is 88.1 cm³/mol. The quantitative estimate of drug-likeness (QED) is 0.684. The molecule has 1 aliphatic rings. The highest BCUT2D eigenvalue weighted by atomic mass is 16.1. The predicted octanol–water partition coefficient (Wildman–Crippen LogP) is 3.17. The van der Waals surface area contributed by atoms with Gasteiger partial charge in [-0.2, -0.15) is 10.5 Å². The molecule has 1 unspecified atom stereocenters. The number of piperidine rings is 1. The average molecular weight is 308 g/mol. The van der Waals surface area contributed by atoms with Gasteiger partial charge in [0.1, 0.15) is 17.7 Å². The van der Waals surface area contributed by atoms with Crippen LogP contribution in [-0.4, -0.2) is 23.4 Å². The van der Waals surface area contributed by atoms with Crippen LogP contribution >= 0.6 is 0 Å². The molecule has 1 aliphatic heterocycles. The number of nitrogens with zero attached hydrogens (tertiary/aromatic N) is 3. The second kappa shape index (κ2) is 8.00. The number of amides is 1. The number of carbonyl (C=O) groups excluding carboxylic acids is 1. The van der Waals surface area contributed by atoms with Crippen molar-refractivity contribution in [1.82, 2.24) is 4.90 Å².